The van der Waals surface area contributed by atoms with Crippen molar-refractivity contribution < 1.29 is 28.2 Å². The number of aldehydes is 1. The van der Waals surface area contributed by atoms with Crippen molar-refractivity contribution in [1.29, 1.82) is 0 Å². The van der Waals surface area contributed by atoms with Gasteiger partial charge in [0.15, 0.2) is 8.32 Å². The Balaban J connectivity index is 1.67. The summed E-state index contributed by atoms with van der Waals surface area (Å²) >= 11 is 0. The van der Waals surface area contributed by atoms with Crippen molar-refractivity contribution in [1.82, 2.24) is 0 Å². The molecule has 0 N–H and O–H groups in total. The van der Waals surface area contributed by atoms with Crippen LogP contribution < -0.4 is 4.74 Å². The molecular weight excluding hydrogens is 605 g/mol. The van der Waals surface area contributed by atoms with Crippen molar-refractivity contribution in [3.8, 4) is 5.75 Å². The molecule has 1 aromatic rings. The first-order valence-electron chi connectivity index (χ1n) is 18.4. The van der Waals surface area contributed by atoms with Crippen LogP contribution in [0.5, 0.6) is 5.75 Å². The number of unbranched alkanes of at least 4 members (excludes halogenated alkanes) is 2. The zero-order valence-corrected chi connectivity index (χ0v) is 32.2. The summed E-state index contributed by atoms with van der Waals surface area (Å²) < 4.78 is 24.7. The van der Waals surface area contributed by atoms with Crippen LogP contribution in [-0.2, 0) is 30.1 Å². The van der Waals surface area contributed by atoms with Gasteiger partial charge in [-0.2, -0.15) is 0 Å². The number of fused-ring (bicyclic) bond motifs is 2. The topological polar surface area (TPSA) is 71.1 Å². The van der Waals surface area contributed by atoms with Crippen molar-refractivity contribution in [3.05, 3.63) is 41.5 Å². The molecule has 7 atom stereocenters. The number of benzene rings is 1. The van der Waals surface area contributed by atoms with Gasteiger partial charge in [0, 0.05) is 24.7 Å². The van der Waals surface area contributed by atoms with Crippen LogP contribution in [0, 0.1) is 40.4 Å². The number of hydrogen-bond donors (Lipinski definition) is 0. The summed E-state index contributed by atoms with van der Waals surface area (Å²) in [4.78, 5) is 28.6. The minimum absolute atomic E-state index is 0.0479. The van der Waals surface area contributed by atoms with Crippen LogP contribution in [0.15, 0.2) is 35.9 Å². The molecule has 3 aliphatic carbocycles. The number of allylic oxidation sites excluding steroid dienone is 1. The number of ether oxygens (including phenoxy) is 3. The van der Waals surface area contributed by atoms with Gasteiger partial charge in [0.2, 0.25) is 0 Å². The molecule has 0 aliphatic heterocycles. The van der Waals surface area contributed by atoms with Gasteiger partial charge in [-0.25, -0.2) is 0 Å². The van der Waals surface area contributed by atoms with E-state index in [0.29, 0.717) is 18.8 Å². The average Bonchev–Trinajstić information content (AvgIpc) is 3.68. The van der Waals surface area contributed by atoms with Crippen LogP contribution in [0.1, 0.15) is 105 Å². The van der Waals surface area contributed by atoms with E-state index in [2.05, 4.69) is 67.6 Å². The third-order valence-corrected chi connectivity index (χ3v) is 17.0. The summed E-state index contributed by atoms with van der Waals surface area (Å²) in [5, 5.41) is 0.0882. The van der Waals surface area contributed by atoms with Crippen molar-refractivity contribution in [2.45, 2.75) is 131 Å². The second-order valence-corrected chi connectivity index (χ2v) is 21.4. The highest BCUT2D eigenvalue weighted by Gasteiger charge is 2.72. The van der Waals surface area contributed by atoms with Crippen LogP contribution in [0.3, 0.4) is 0 Å². The molecule has 47 heavy (non-hydrogen) atoms. The van der Waals surface area contributed by atoms with Crippen molar-refractivity contribution in [3.63, 3.8) is 0 Å². The molecule has 0 heterocycles. The smallest absolute Gasteiger partial charge is 0.317 e. The SMILES string of the molecule is CCCCOCCCCC1C(C)C(O[Si](C)(C)C(C)(C)C)CC1C1(C=O)CC2C=C(C(C)C)C1(C(=O)OCc1ccc(OC)cc1)C2. The molecule has 2 fully saturated rings. The van der Waals surface area contributed by atoms with Gasteiger partial charge >= 0.3 is 5.97 Å². The van der Waals surface area contributed by atoms with Gasteiger partial charge in [-0.1, -0.05) is 85.1 Å². The summed E-state index contributed by atoms with van der Waals surface area (Å²) in [6.45, 7) is 22.2. The van der Waals surface area contributed by atoms with E-state index in [4.69, 9.17) is 18.6 Å². The molecule has 0 saturated heterocycles. The first kappa shape index (κ1) is 37.8. The minimum Gasteiger partial charge on any atom is -0.497 e. The number of hydrogen-bond acceptors (Lipinski definition) is 6. The van der Waals surface area contributed by atoms with Crippen LogP contribution >= 0.6 is 0 Å². The van der Waals surface area contributed by atoms with Crippen LogP contribution in [0.2, 0.25) is 18.1 Å². The Morgan fingerprint density at radius 3 is 2.34 bits per heavy atom. The van der Waals surface area contributed by atoms with Crippen molar-refractivity contribution >= 4 is 20.6 Å². The second-order valence-electron chi connectivity index (χ2n) is 16.7. The van der Waals surface area contributed by atoms with E-state index in [-0.39, 0.29) is 47.4 Å². The first-order valence-corrected chi connectivity index (χ1v) is 21.3. The Kier molecular flexibility index (Phi) is 12.3. The average molecular weight is 669 g/mol. The van der Waals surface area contributed by atoms with Gasteiger partial charge in [0.1, 0.15) is 24.1 Å². The molecule has 2 bridgehead atoms. The summed E-state index contributed by atoms with van der Waals surface area (Å²) in [5.74, 6) is 1.51. The number of esters is 1. The molecule has 6 nitrogen and oxygen atoms in total. The fraction of sp³-hybridized carbons (Fsp3) is 0.750. The molecule has 7 unspecified atom stereocenters. The second kappa shape index (κ2) is 15.3. The Hall–Kier alpha value is -1.96. The van der Waals surface area contributed by atoms with E-state index in [1.807, 2.05) is 24.3 Å². The predicted octanol–water partition coefficient (Wildman–Crippen LogP) is 9.57. The molecule has 4 rings (SSSR count). The van der Waals surface area contributed by atoms with Crippen LogP contribution in [0.4, 0.5) is 0 Å². The lowest BCUT2D eigenvalue weighted by molar-refractivity contribution is -0.167. The highest BCUT2D eigenvalue weighted by Crippen LogP contribution is 2.71. The van der Waals surface area contributed by atoms with Gasteiger partial charge in [-0.05, 0) is 104 Å². The van der Waals surface area contributed by atoms with E-state index in [0.717, 1.165) is 68.6 Å². The van der Waals surface area contributed by atoms with E-state index in [9.17, 15) is 9.59 Å². The maximum atomic E-state index is 14.7. The Labute approximate surface area is 286 Å². The summed E-state index contributed by atoms with van der Waals surface area (Å²) in [6, 6.07) is 7.65. The van der Waals surface area contributed by atoms with E-state index in [1.54, 1.807) is 7.11 Å². The quantitative estimate of drug-likeness (QED) is 0.0541. The molecule has 3 aliphatic rings. The fourth-order valence-corrected chi connectivity index (χ4v) is 10.3. The molecule has 0 radical (unpaired) electrons. The number of carbonyl (C=O) groups is 2. The van der Waals surface area contributed by atoms with E-state index < -0.39 is 19.1 Å². The van der Waals surface area contributed by atoms with Gasteiger partial charge in [0.05, 0.1) is 7.11 Å². The maximum absolute atomic E-state index is 14.7. The van der Waals surface area contributed by atoms with Crippen molar-refractivity contribution in [2.24, 2.45) is 40.4 Å². The van der Waals surface area contributed by atoms with Gasteiger partial charge in [0.25, 0.3) is 0 Å². The maximum Gasteiger partial charge on any atom is 0.317 e. The normalized spacial score (nSPS) is 30.5. The zero-order valence-electron chi connectivity index (χ0n) is 31.2. The molecule has 2 saturated carbocycles. The molecule has 1 aromatic carbocycles. The molecule has 0 aromatic heterocycles. The lowest BCUT2D eigenvalue weighted by Crippen LogP contribution is -2.53. The highest BCUT2D eigenvalue weighted by atomic mass is 28.4. The predicted molar refractivity (Wildman–Crippen MR) is 192 cm³/mol. The van der Waals surface area contributed by atoms with E-state index in [1.165, 1.54) is 6.29 Å². The third-order valence-electron chi connectivity index (χ3n) is 12.5. The summed E-state index contributed by atoms with van der Waals surface area (Å²) in [5.41, 5.74) is 0.249. The van der Waals surface area contributed by atoms with E-state index >= 15 is 0 Å². The number of rotatable bonds is 17. The van der Waals surface area contributed by atoms with Gasteiger partial charge in [-0.3, -0.25) is 4.79 Å². The third kappa shape index (κ3) is 7.47. The van der Waals surface area contributed by atoms with Crippen LogP contribution in [-0.4, -0.2) is 47.0 Å². The van der Waals surface area contributed by atoms with Gasteiger partial charge in [-0.15, -0.1) is 0 Å². The largest absolute Gasteiger partial charge is 0.497 e. The molecule has 7 heteroatoms. The van der Waals surface area contributed by atoms with Crippen LogP contribution in [0.25, 0.3) is 0 Å². The standard InChI is InChI=1S/C40H64O6Si/c1-11-12-20-44-21-14-13-15-33-29(4)36(46-47(9,10)38(5,6)7)23-35(33)39(27-41)24-31-22-34(28(2)3)40(39,25-31)37(42)45-26-30-16-18-32(43-8)19-17-30/h16-19,22,27-29,31,33,35-36H,11-15,20-21,23-26H2,1-10H3. The molecule has 0 spiro atoms. The molecular formula is C40H64O6Si. The number of carbonyl (C=O) groups excluding carboxylic acids is 2. The summed E-state index contributed by atoms with van der Waals surface area (Å²) in [6.07, 6.45) is 11.1. The first-order chi connectivity index (χ1) is 22.2. The monoisotopic (exact) mass is 668 g/mol. The Morgan fingerprint density at radius 2 is 1.74 bits per heavy atom. The zero-order chi connectivity index (χ0) is 34.6. The summed E-state index contributed by atoms with van der Waals surface area (Å²) in [7, 11) is -0.425. The molecule has 264 valence electrons. The van der Waals surface area contributed by atoms with Gasteiger partial charge < -0.3 is 23.4 Å². The fourth-order valence-electron chi connectivity index (χ4n) is 8.92. The minimum atomic E-state index is -2.07. The Morgan fingerprint density at radius 1 is 1.06 bits per heavy atom. The highest BCUT2D eigenvalue weighted by molar-refractivity contribution is 6.74. The lowest BCUT2D eigenvalue weighted by atomic mass is 9.52. The van der Waals surface area contributed by atoms with Crippen molar-refractivity contribution in [2.75, 3.05) is 20.3 Å². The molecule has 0 amide bonds. The Bertz CT molecular complexity index is 1230. The lowest BCUT2D eigenvalue weighted by Gasteiger charge is -2.49. The number of methoxy groups -OCH3 is 1.